The number of hydrogen-bond donors (Lipinski definition) is 2. The summed E-state index contributed by atoms with van der Waals surface area (Å²) in [4.78, 5) is 31.4. The van der Waals surface area contributed by atoms with Gasteiger partial charge < -0.3 is 19.9 Å². The smallest absolute Gasteiger partial charge is 0.338 e. The highest BCUT2D eigenvalue weighted by atomic mass is 35.5. The summed E-state index contributed by atoms with van der Waals surface area (Å²) in [6.45, 7) is 1.18. The summed E-state index contributed by atoms with van der Waals surface area (Å²) in [5.41, 5.74) is 0.774. The lowest BCUT2D eigenvalue weighted by Gasteiger charge is -2.29. The number of aliphatic carboxylic acids is 1. The Labute approximate surface area is 209 Å². The summed E-state index contributed by atoms with van der Waals surface area (Å²) in [5.74, 6) is -2.29. The molecule has 11 nitrogen and oxygen atoms in total. The molecule has 1 saturated heterocycles. The van der Waals surface area contributed by atoms with E-state index >= 15 is 0 Å². The summed E-state index contributed by atoms with van der Waals surface area (Å²) < 4.78 is 38.8. The Morgan fingerprint density at radius 3 is 2.69 bits per heavy atom. The van der Waals surface area contributed by atoms with Gasteiger partial charge in [-0.25, -0.2) is 23.4 Å². The molecule has 2 N–H and O–H groups in total. The van der Waals surface area contributed by atoms with Crippen molar-refractivity contribution in [2.45, 2.75) is 25.2 Å². The van der Waals surface area contributed by atoms with Gasteiger partial charge in [-0.3, -0.25) is 4.90 Å². The molecular formula is C22H23ClF2N6O5. The van der Waals surface area contributed by atoms with Gasteiger partial charge in [0, 0.05) is 35.9 Å². The lowest BCUT2D eigenvalue weighted by molar-refractivity contribution is -0.145. The minimum absolute atomic E-state index is 0.0388. The first-order valence-electron chi connectivity index (χ1n) is 11.0. The summed E-state index contributed by atoms with van der Waals surface area (Å²) >= 11 is 6.33. The number of esters is 1. The number of likely N-dealkylation sites (tertiary alicyclic amines) is 1. The molecule has 0 spiro atoms. The molecule has 3 heterocycles. The van der Waals surface area contributed by atoms with Crippen LogP contribution in [0.1, 0.15) is 18.5 Å². The van der Waals surface area contributed by atoms with Crippen molar-refractivity contribution < 1.29 is 33.0 Å². The number of hydrogen-bond acceptors (Lipinski definition) is 9. The van der Waals surface area contributed by atoms with E-state index in [0.29, 0.717) is 11.3 Å². The molecule has 1 fully saturated rings. The van der Waals surface area contributed by atoms with Gasteiger partial charge in [0.15, 0.2) is 0 Å². The van der Waals surface area contributed by atoms with Gasteiger partial charge in [-0.05, 0) is 19.1 Å². The minimum atomic E-state index is -1.43. The van der Waals surface area contributed by atoms with E-state index in [0.717, 1.165) is 6.07 Å². The van der Waals surface area contributed by atoms with Gasteiger partial charge in [0.25, 0.3) is 0 Å². The van der Waals surface area contributed by atoms with Gasteiger partial charge >= 0.3 is 11.9 Å². The Balaban J connectivity index is 1.72. The summed E-state index contributed by atoms with van der Waals surface area (Å²) in [6, 6.07) is 2.73. The monoisotopic (exact) mass is 524 g/mol. The first-order valence-corrected chi connectivity index (χ1v) is 11.4. The molecule has 2 aliphatic heterocycles. The van der Waals surface area contributed by atoms with Crippen molar-refractivity contribution in [3.63, 3.8) is 0 Å². The normalized spacial score (nSPS) is 22.3. The standard InChI is InChI=1S/C22H23ClF2N6O5/c1-2-35-21(34)19-16(9-30-8-15(25)17(10-30)36-11-18(32)33)28-22(31-26-5-6-27-31)29-20(19)13-4-3-12(24)7-14(13)23/h3-7,15,17,20H,2,8-11H2,1H3,(H,28,29)(H,32,33)/t15-,17-,20+/m1/s1. The highest BCUT2D eigenvalue weighted by molar-refractivity contribution is 6.31. The van der Waals surface area contributed by atoms with Crippen molar-refractivity contribution in [3.05, 3.63) is 58.3 Å². The molecule has 192 valence electrons. The average Bonchev–Trinajstić information content (AvgIpc) is 3.47. The predicted molar refractivity (Wildman–Crippen MR) is 123 cm³/mol. The SMILES string of the molecule is CCOC(=O)C1=C(CN2C[C@@H](F)[C@H](OCC(=O)O)C2)NC(n2nccn2)=N[C@H]1c1ccc(F)cc1Cl. The molecule has 0 amide bonds. The van der Waals surface area contributed by atoms with E-state index in [1.54, 1.807) is 11.8 Å². The molecule has 0 aliphatic carbocycles. The number of carbonyl (C=O) groups is 2. The van der Waals surface area contributed by atoms with Crippen LogP contribution >= 0.6 is 11.6 Å². The van der Waals surface area contributed by atoms with Crippen molar-refractivity contribution >= 4 is 29.5 Å². The second kappa shape index (κ2) is 11.1. The van der Waals surface area contributed by atoms with E-state index in [9.17, 15) is 18.4 Å². The van der Waals surface area contributed by atoms with Crippen LogP contribution in [-0.4, -0.2) is 88.0 Å². The number of aliphatic imine (C=N–C) groups is 1. The maximum atomic E-state index is 14.6. The number of ether oxygens (including phenoxy) is 2. The Hall–Kier alpha value is -3.42. The van der Waals surface area contributed by atoms with Crippen LogP contribution in [0.3, 0.4) is 0 Å². The van der Waals surface area contributed by atoms with Crippen LogP contribution in [0.2, 0.25) is 5.02 Å². The highest BCUT2D eigenvalue weighted by Gasteiger charge is 2.38. The van der Waals surface area contributed by atoms with Gasteiger partial charge in [0.1, 0.15) is 30.7 Å². The Morgan fingerprint density at radius 2 is 2.03 bits per heavy atom. The molecule has 2 aromatic rings. The first-order chi connectivity index (χ1) is 17.3. The van der Waals surface area contributed by atoms with E-state index in [1.807, 2.05) is 0 Å². The number of carboxylic acid groups (broad SMARTS) is 1. The van der Waals surface area contributed by atoms with Crippen LogP contribution in [-0.2, 0) is 19.1 Å². The van der Waals surface area contributed by atoms with Crippen molar-refractivity contribution in [1.82, 2.24) is 25.2 Å². The number of halogens is 3. The quantitative estimate of drug-likeness (QED) is 0.494. The molecule has 0 bridgehead atoms. The lowest BCUT2D eigenvalue weighted by Crippen LogP contribution is -2.42. The van der Waals surface area contributed by atoms with E-state index in [2.05, 4.69) is 20.5 Å². The second-order valence-corrected chi connectivity index (χ2v) is 8.44. The van der Waals surface area contributed by atoms with Crippen LogP contribution in [0.15, 0.2) is 46.9 Å². The zero-order valence-corrected chi connectivity index (χ0v) is 19.9. The molecule has 4 rings (SSSR count). The average molecular weight is 525 g/mol. The highest BCUT2D eigenvalue weighted by Crippen LogP contribution is 2.36. The Kier molecular flexibility index (Phi) is 7.91. The zero-order valence-electron chi connectivity index (χ0n) is 19.1. The molecule has 14 heteroatoms. The first kappa shape index (κ1) is 25.7. The van der Waals surface area contributed by atoms with Gasteiger partial charge in [-0.1, -0.05) is 17.7 Å². The van der Waals surface area contributed by atoms with Crippen molar-refractivity contribution in [1.29, 1.82) is 0 Å². The number of carboxylic acids is 1. The molecule has 3 atom stereocenters. The fourth-order valence-electron chi connectivity index (χ4n) is 4.03. The summed E-state index contributed by atoms with van der Waals surface area (Å²) in [5, 5.41) is 20.1. The molecule has 0 saturated carbocycles. The van der Waals surface area contributed by atoms with E-state index in [-0.39, 0.29) is 42.8 Å². The number of nitrogens with zero attached hydrogens (tertiary/aromatic N) is 5. The van der Waals surface area contributed by atoms with Crippen LogP contribution < -0.4 is 5.32 Å². The minimum Gasteiger partial charge on any atom is -0.480 e. The molecule has 1 aromatic carbocycles. The largest absolute Gasteiger partial charge is 0.480 e. The number of nitrogens with one attached hydrogen (secondary N) is 1. The zero-order chi connectivity index (χ0) is 25.8. The summed E-state index contributed by atoms with van der Waals surface area (Å²) in [7, 11) is 0. The van der Waals surface area contributed by atoms with E-state index in [1.165, 1.54) is 29.3 Å². The van der Waals surface area contributed by atoms with E-state index in [4.69, 9.17) is 26.2 Å². The number of rotatable bonds is 8. The number of alkyl halides is 1. The van der Waals surface area contributed by atoms with Crippen molar-refractivity contribution in [3.8, 4) is 0 Å². The number of aromatic nitrogens is 3. The number of carbonyl (C=O) groups excluding carboxylic acids is 1. The topological polar surface area (TPSA) is 131 Å². The fourth-order valence-corrected chi connectivity index (χ4v) is 4.30. The van der Waals surface area contributed by atoms with Crippen LogP contribution in [0.5, 0.6) is 0 Å². The second-order valence-electron chi connectivity index (χ2n) is 8.03. The van der Waals surface area contributed by atoms with Gasteiger partial charge in [0.05, 0.1) is 24.6 Å². The maximum Gasteiger partial charge on any atom is 0.338 e. The molecule has 36 heavy (non-hydrogen) atoms. The van der Waals surface area contributed by atoms with Gasteiger partial charge in [-0.15, -0.1) is 4.80 Å². The third kappa shape index (κ3) is 5.69. The van der Waals surface area contributed by atoms with Gasteiger partial charge in [0.2, 0.25) is 5.96 Å². The molecular weight excluding hydrogens is 502 g/mol. The lowest BCUT2D eigenvalue weighted by atomic mass is 9.95. The fraction of sp³-hybridized carbons (Fsp3) is 0.409. The molecule has 0 radical (unpaired) electrons. The molecule has 0 unspecified atom stereocenters. The predicted octanol–water partition coefficient (Wildman–Crippen LogP) is 1.56. The molecule has 2 aliphatic rings. The van der Waals surface area contributed by atoms with Crippen LogP contribution in [0.4, 0.5) is 8.78 Å². The van der Waals surface area contributed by atoms with E-state index < -0.39 is 42.7 Å². The Bertz CT molecular complexity index is 1190. The van der Waals surface area contributed by atoms with Crippen molar-refractivity contribution in [2.75, 3.05) is 32.8 Å². The third-order valence-electron chi connectivity index (χ3n) is 5.55. The third-order valence-corrected chi connectivity index (χ3v) is 5.88. The van der Waals surface area contributed by atoms with Crippen LogP contribution in [0, 0.1) is 5.82 Å². The number of benzene rings is 1. The maximum absolute atomic E-state index is 14.6. The summed E-state index contributed by atoms with van der Waals surface area (Å²) in [6.07, 6.45) is 0.502. The van der Waals surface area contributed by atoms with Crippen LogP contribution in [0.25, 0.3) is 0 Å². The molecule has 1 aromatic heterocycles. The van der Waals surface area contributed by atoms with Gasteiger partial charge in [-0.2, -0.15) is 10.2 Å². The van der Waals surface area contributed by atoms with Crippen molar-refractivity contribution in [2.24, 2.45) is 4.99 Å². The Morgan fingerprint density at radius 1 is 1.28 bits per heavy atom.